The molecular weight excluding hydrogens is 452 g/mol. The van der Waals surface area contributed by atoms with Gasteiger partial charge in [0.2, 0.25) is 15.9 Å². The monoisotopic (exact) mass is 480 g/mol. The quantitative estimate of drug-likeness (QED) is 0.612. The van der Waals surface area contributed by atoms with Crippen LogP contribution in [0.15, 0.2) is 46.0 Å². The Labute approximate surface area is 194 Å². The molecule has 1 atom stereocenters. The Kier molecular flexibility index (Phi) is 7.50. The molecule has 0 radical (unpaired) electrons. The summed E-state index contributed by atoms with van der Waals surface area (Å²) in [6.45, 7) is 3.03. The highest BCUT2D eigenvalue weighted by atomic mass is 35.5. The van der Waals surface area contributed by atoms with Gasteiger partial charge in [0.15, 0.2) is 0 Å². The third-order valence-electron chi connectivity index (χ3n) is 6.34. The fraction of sp³-hybridized carbons (Fsp3) is 0.545. The van der Waals surface area contributed by atoms with Gasteiger partial charge in [-0.15, -0.1) is 0 Å². The zero-order chi connectivity index (χ0) is 22.6. The van der Waals surface area contributed by atoms with Crippen LogP contribution in [-0.2, 0) is 14.8 Å². The van der Waals surface area contributed by atoms with Crippen molar-refractivity contribution in [1.82, 2.24) is 19.5 Å². The van der Waals surface area contributed by atoms with Crippen molar-refractivity contribution in [3.8, 4) is 0 Å². The van der Waals surface area contributed by atoms with E-state index in [1.54, 1.807) is 12.3 Å². The first kappa shape index (κ1) is 23.2. The van der Waals surface area contributed by atoms with Gasteiger partial charge in [0, 0.05) is 31.7 Å². The molecule has 0 aliphatic carbocycles. The van der Waals surface area contributed by atoms with Gasteiger partial charge in [0.05, 0.1) is 12.3 Å². The van der Waals surface area contributed by atoms with E-state index in [0.29, 0.717) is 19.4 Å². The predicted octanol–water partition coefficient (Wildman–Crippen LogP) is 3.07. The summed E-state index contributed by atoms with van der Waals surface area (Å²) in [5.41, 5.74) is 0. The molecule has 10 heteroatoms. The van der Waals surface area contributed by atoms with Crippen LogP contribution in [0, 0.1) is 5.92 Å². The number of pyridine rings is 1. The van der Waals surface area contributed by atoms with E-state index in [2.05, 4.69) is 15.2 Å². The Morgan fingerprint density at radius 3 is 2.56 bits per heavy atom. The minimum atomic E-state index is -3.72. The highest BCUT2D eigenvalue weighted by Gasteiger charge is 2.34. The number of nitrogens with zero attached hydrogens (tertiary/aromatic N) is 3. The van der Waals surface area contributed by atoms with Crippen LogP contribution in [0.3, 0.4) is 0 Å². The van der Waals surface area contributed by atoms with Crippen molar-refractivity contribution >= 4 is 27.5 Å². The molecular formula is C22H29ClN4O4S. The average Bonchev–Trinajstić information content (AvgIpc) is 3.35. The van der Waals surface area contributed by atoms with Gasteiger partial charge in [-0.3, -0.25) is 9.69 Å². The summed E-state index contributed by atoms with van der Waals surface area (Å²) in [6.07, 6.45) is 7.60. The van der Waals surface area contributed by atoms with Crippen molar-refractivity contribution in [2.24, 2.45) is 5.92 Å². The summed E-state index contributed by atoms with van der Waals surface area (Å²) < 4.78 is 32.8. The number of halogens is 1. The maximum absolute atomic E-state index is 12.9. The Hall–Kier alpha value is -1.94. The van der Waals surface area contributed by atoms with Crippen molar-refractivity contribution in [1.29, 1.82) is 0 Å². The number of sulfonamides is 1. The number of piperidine rings is 2. The molecule has 2 aromatic heterocycles. The van der Waals surface area contributed by atoms with Gasteiger partial charge >= 0.3 is 0 Å². The molecule has 4 rings (SSSR count). The topological polar surface area (TPSA) is 95.8 Å². The van der Waals surface area contributed by atoms with Crippen LogP contribution in [0.4, 0.5) is 0 Å². The maximum Gasteiger partial charge on any atom is 0.246 e. The number of rotatable bonds is 7. The lowest BCUT2D eigenvalue weighted by Crippen LogP contribution is -2.45. The first-order chi connectivity index (χ1) is 15.5. The molecule has 1 unspecified atom stereocenters. The third kappa shape index (κ3) is 5.17. The molecule has 1 amide bonds. The Morgan fingerprint density at radius 1 is 1.16 bits per heavy atom. The van der Waals surface area contributed by atoms with Crippen LogP contribution >= 0.6 is 11.6 Å². The van der Waals surface area contributed by atoms with E-state index in [1.807, 2.05) is 12.1 Å². The molecule has 8 nitrogen and oxygen atoms in total. The average molecular weight is 481 g/mol. The van der Waals surface area contributed by atoms with Crippen molar-refractivity contribution in [2.75, 3.05) is 32.7 Å². The van der Waals surface area contributed by atoms with Gasteiger partial charge in [-0.05, 0) is 63.0 Å². The van der Waals surface area contributed by atoms with Gasteiger partial charge in [-0.1, -0.05) is 18.0 Å². The molecule has 1 N–H and O–H groups in total. The summed E-state index contributed by atoms with van der Waals surface area (Å²) >= 11 is 5.99. The van der Waals surface area contributed by atoms with E-state index in [4.69, 9.17) is 16.0 Å². The molecule has 32 heavy (non-hydrogen) atoms. The van der Waals surface area contributed by atoms with Crippen LogP contribution in [0.25, 0.3) is 0 Å². The third-order valence-corrected chi connectivity index (χ3v) is 8.68. The SMILES string of the molecule is O=C(NCC(c1ccco1)N1CCCCC1)C1CCN(S(=O)(=O)c2cccnc2Cl)CC1. The number of carbonyl (C=O) groups is 1. The fourth-order valence-electron chi connectivity index (χ4n) is 4.52. The van der Waals surface area contributed by atoms with Gasteiger partial charge < -0.3 is 9.73 Å². The van der Waals surface area contributed by atoms with Crippen molar-refractivity contribution < 1.29 is 17.6 Å². The summed E-state index contributed by atoms with van der Waals surface area (Å²) in [6, 6.07) is 6.86. The molecule has 2 saturated heterocycles. The van der Waals surface area contributed by atoms with Crippen LogP contribution in [0.2, 0.25) is 5.15 Å². The molecule has 0 saturated carbocycles. The minimum absolute atomic E-state index is 0.00684. The number of aromatic nitrogens is 1. The molecule has 0 aromatic carbocycles. The second-order valence-electron chi connectivity index (χ2n) is 8.34. The molecule has 4 heterocycles. The fourth-order valence-corrected chi connectivity index (χ4v) is 6.42. The van der Waals surface area contributed by atoms with Crippen molar-refractivity contribution in [3.05, 3.63) is 47.6 Å². The number of likely N-dealkylation sites (tertiary alicyclic amines) is 1. The lowest BCUT2D eigenvalue weighted by atomic mass is 9.97. The van der Waals surface area contributed by atoms with Crippen LogP contribution in [0.5, 0.6) is 0 Å². The molecule has 0 bridgehead atoms. The standard InChI is InChI=1S/C22H29ClN4O4S/c23-21-20(7-4-10-24-21)32(29,30)27-13-8-17(9-14-27)22(28)25-16-18(19-6-5-15-31-19)26-11-2-1-3-12-26/h4-7,10,15,17-18H,1-3,8-9,11-14,16H2,(H,25,28). The minimum Gasteiger partial charge on any atom is -0.468 e. The number of carbonyl (C=O) groups excluding carboxylic acids is 1. The van der Waals surface area contributed by atoms with E-state index in [1.165, 1.54) is 23.0 Å². The molecule has 174 valence electrons. The molecule has 0 spiro atoms. The van der Waals surface area contributed by atoms with E-state index >= 15 is 0 Å². The van der Waals surface area contributed by atoms with E-state index < -0.39 is 10.0 Å². The summed E-state index contributed by atoms with van der Waals surface area (Å²) in [7, 11) is -3.72. The zero-order valence-electron chi connectivity index (χ0n) is 18.0. The number of hydrogen-bond acceptors (Lipinski definition) is 6. The largest absolute Gasteiger partial charge is 0.468 e. The Balaban J connectivity index is 1.33. The van der Waals surface area contributed by atoms with Crippen molar-refractivity contribution in [3.63, 3.8) is 0 Å². The summed E-state index contributed by atoms with van der Waals surface area (Å²) in [5.74, 6) is 0.612. The number of furan rings is 1. The normalized spacial score (nSPS) is 20.2. The second kappa shape index (κ2) is 10.3. The number of amides is 1. The zero-order valence-corrected chi connectivity index (χ0v) is 19.5. The lowest BCUT2D eigenvalue weighted by Gasteiger charge is -2.34. The van der Waals surface area contributed by atoms with Gasteiger partial charge in [-0.25, -0.2) is 13.4 Å². The number of nitrogens with one attached hydrogen (secondary N) is 1. The summed E-state index contributed by atoms with van der Waals surface area (Å²) in [5, 5.41) is 3.06. The first-order valence-corrected chi connectivity index (χ1v) is 12.9. The van der Waals surface area contributed by atoms with Crippen LogP contribution in [0.1, 0.15) is 43.9 Å². The lowest BCUT2D eigenvalue weighted by molar-refractivity contribution is -0.126. The smallest absolute Gasteiger partial charge is 0.246 e. The highest BCUT2D eigenvalue weighted by Crippen LogP contribution is 2.28. The highest BCUT2D eigenvalue weighted by molar-refractivity contribution is 7.89. The van der Waals surface area contributed by atoms with Crippen LogP contribution < -0.4 is 5.32 Å². The maximum atomic E-state index is 12.9. The first-order valence-electron chi connectivity index (χ1n) is 11.1. The van der Waals surface area contributed by atoms with Gasteiger partial charge in [0.1, 0.15) is 15.8 Å². The Bertz CT molecular complexity index is 1000. The van der Waals surface area contributed by atoms with Crippen LogP contribution in [-0.4, -0.2) is 61.2 Å². The van der Waals surface area contributed by atoms with Gasteiger partial charge in [-0.2, -0.15) is 4.31 Å². The van der Waals surface area contributed by atoms with Crippen molar-refractivity contribution in [2.45, 2.75) is 43.0 Å². The predicted molar refractivity (Wildman–Crippen MR) is 121 cm³/mol. The molecule has 2 fully saturated rings. The molecule has 2 aliphatic rings. The number of hydrogen-bond donors (Lipinski definition) is 1. The molecule has 2 aromatic rings. The van der Waals surface area contributed by atoms with E-state index in [9.17, 15) is 13.2 Å². The molecule has 2 aliphatic heterocycles. The van der Waals surface area contributed by atoms with E-state index in [-0.39, 0.29) is 41.0 Å². The summed E-state index contributed by atoms with van der Waals surface area (Å²) in [4.78, 5) is 19.1. The second-order valence-corrected chi connectivity index (χ2v) is 10.6. The Morgan fingerprint density at radius 2 is 1.91 bits per heavy atom. The van der Waals surface area contributed by atoms with Gasteiger partial charge in [0.25, 0.3) is 0 Å². The van der Waals surface area contributed by atoms with E-state index in [0.717, 1.165) is 31.7 Å².